The summed E-state index contributed by atoms with van der Waals surface area (Å²) in [6.07, 6.45) is 0.213. The molecule has 0 unspecified atom stereocenters. The summed E-state index contributed by atoms with van der Waals surface area (Å²) in [5, 5.41) is 3.33. The maximum Gasteiger partial charge on any atom is 0.264 e. The molecule has 8 nitrogen and oxygen atoms in total. The predicted molar refractivity (Wildman–Crippen MR) is 185 cm³/mol. The molecule has 46 heavy (non-hydrogen) atoms. The monoisotopic (exact) mass is 725 g/mol. The first kappa shape index (κ1) is 35.0. The van der Waals surface area contributed by atoms with Gasteiger partial charge in [-0.15, -0.1) is 0 Å². The lowest BCUT2D eigenvalue weighted by atomic mass is 10.0. The molecule has 4 rings (SSSR count). The molecule has 2 amide bonds. The topological polar surface area (TPSA) is 96.0 Å². The fourth-order valence-corrected chi connectivity index (χ4v) is 6.91. The van der Waals surface area contributed by atoms with Crippen LogP contribution in [0.5, 0.6) is 5.75 Å². The SMILES string of the molecule is COc1ccc(S(=O)(=O)N(CC(=O)N(Cc2cccc(Br)c2)[C@@H](Cc2ccccc2)C(=O)NC(C)(C)C)c2cccc(Cl)c2)cc1. The molecule has 4 aromatic carbocycles. The fourth-order valence-electron chi connectivity index (χ4n) is 4.87. The van der Waals surface area contributed by atoms with Gasteiger partial charge in [0.1, 0.15) is 18.3 Å². The minimum atomic E-state index is -4.27. The van der Waals surface area contributed by atoms with Gasteiger partial charge in [-0.3, -0.25) is 13.9 Å². The third kappa shape index (κ3) is 9.34. The number of hydrogen-bond donors (Lipinski definition) is 1. The third-order valence-electron chi connectivity index (χ3n) is 7.03. The highest BCUT2D eigenvalue weighted by Gasteiger charge is 2.35. The van der Waals surface area contributed by atoms with E-state index in [2.05, 4.69) is 21.2 Å². The van der Waals surface area contributed by atoms with Gasteiger partial charge in [0.15, 0.2) is 0 Å². The van der Waals surface area contributed by atoms with E-state index in [9.17, 15) is 18.0 Å². The second-order valence-electron chi connectivity index (χ2n) is 11.8. The lowest BCUT2D eigenvalue weighted by Crippen LogP contribution is -2.56. The standard InChI is InChI=1S/C35H37BrClN3O5S/c1-35(2,3)38-34(42)32(21-25-10-6-5-7-11-25)39(23-26-12-8-13-27(36)20-26)33(41)24-40(29-15-9-14-28(37)22-29)46(43,44)31-18-16-30(45-4)17-19-31/h5-20,22,32H,21,23-24H2,1-4H3,(H,38,42)/t32-/m0/s1. The molecule has 0 aliphatic rings. The van der Waals surface area contributed by atoms with Gasteiger partial charge >= 0.3 is 0 Å². The zero-order chi connectivity index (χ0) is 33.5. The molecular weight excluding hydrogens is 690 g/mol. The molecule has 0 radical (unpaired) electrons. The van der Waals surface area contributed by atoms with Crippen LogP contribution >= 0.6 is 27.5 Å². The highest BCUT2D eigenvalue weighted by Crippen LogP contribution is 2.28. The van der Waals surface area contributed by atoms with Crippen molar-refractivity contribution < 1.29 is 22.7 Å². The molecule has 0 saturated carbocycles. The number of nitrogens with zero attached hydrogens (tertiary/aromatic N) is 2. The second-order valence-corrected chi connectivity index (χ2v) is 15.0. The Balaban J connectivity index is 1.82. The van der Waals surface area contributed by atoms with Gasteiger partial charge in [0.05, 0.1) is 17.7 Å². The molecule has 0 fully saturated rings. The van der Waals surface area contributed by atoms with Crippen molar-refractivity contribution in [1.82, 2.24) is 10.2 Å². The highest BCUT2D eigenvalue weighted by molar-refractivity contribution is 9.10. The van der Waals surface area contributed by atoms with Gasteiger partial charge in [-0.1, -0.05) is 76.1 Å². The van der Waals surface area contributed by atoms with E-state index in [-0.39, 0.29) is 29.5 Å². The number of nitrogens with one attached hydrogen (secondary N) is 1. The summed E-state index contributed by atoms with van der Waals surface area (Å²) in [6.45, 7) is 5.07. The average Bonchev–Trinajstić information content (AvgIpc) is 3.01. The van der Waals surface area contributed by atoms with Gasteiger partial charge in [-0.25, -0.2) is 8.42 Å². The number of methoxy groups -OCH3 is 1. The Morgan fingerprint density at radius 3 is 2.15 bits per heavy atom. The number of benzene rings is 4. The van der Waals surface area contributed by atoms with E-state index in [1.165, 1.54) is 42.3 Å². The molecule has 0 spiro atoms. The lowest BCUT2D eigenvalue weighted by Gasteiger charge is -2.35. The Hall–Kier alpha value is -3.86. The summed E-state index contributed by atoms with van der Waals surface area (Å²) in [5.41, 5.74) is 1.23. The lowest BCUT2D eigenvalue weighted by molar-refractivity contribution is -0.140. The normalized spacial score (nSPS) is 12.2. The van der Waals surface area contributed by atoms with Gasteiger partial charge in [0, 0.05) is 28.0 Å². The molecule has 11 heteroatoms. The van der Waals surface area contributed by atoms with Crippen molar-refractivity contribution in [2.75, 3.05) is 18.0 Å². The average molecular weight is 727 g/mol. The number of ether oxygens (including phenoxy) is 1. The van der Waals surface area contributed by atoms with Gasteiger partial charge in [0.2, 0.25) is 11.8 Å². The smallest absolute Gasteiger partial charge is 0.264 e. The number of amides is 2. The quantitative estimate of drug-likeness (QED) is 0.172. The Bertz CT molecular complexity index is 1760. The van der Waals surface area contributed by atoms with Crippen LogP contribution in [0.4, 0.5) is 5.69 Å². The number of carbonyl (C=O) groups is 2. The van der Waals surface area contributed by atoms with E-state index in [4.69, 9.17) is 16.3 Å². The Kier molecular flexibility index (Phi) is 11.5. The zero-order valence-corrected chi connectivity index (χ0v) is 29.3. The summed E-state index contributed by atoms with van der Waals surface area (Å²) in [4.78, 5) is 29.9. The largest absolute Gasteiger partial charge is 0.497 e. The molecule has 0 aromatic heterocycles. The maximum absolute atomic E-state index is 14.6. The summed E-state index contributed by atoms with van der Waals surface area (Å²) in [6, 6.07) is 28.1. The van der Waals surface area contributed by atoms with Crippen LogP contribution in [-0.4, -0.2) is 50.4 Å². The fraction of sp³-hybridized carbons (Fsp3) is 0.257. The number of sulfonamides is 1. The second kappa shape index (κ2) is 15.2. The number of hydrogen-bond acceptors (Lipinski definition) is 5. The number of rotatable bonds is 12. The van der Waals surface area contributed by atoms with Crippen molar-refractivity contribution in [3.63, 3.8) is 0 Å². The zero-order valence-electron chi connectivity index (χ0n) is 26.1. The minimum Gasteiger partial charge on any atom is -0.497 e. The molecule has 0 heterocycles. The molecule has 0 bridgehead atoms. The van der Waals surface area contributed by atoms with Gasteiger partial charge in [0.25, 0.3) is 10.0 Å². The first-order valence-corrected chi connectivity index (χ1v) is 17.2. The number of halogens is 2. The maximum atomic E-state index is 14.6. The van der Waals surface area contributed by atoms with Crippen molar-refractivity contribution in [3.05, 3.63) is 124 Å². The van der Waals surface area contributed by atoms with Crippen LogP contribution in [0.2, 0.25) is 5.02 Å². The molecule has 0 aliphatic carbocycles. The Morgan fingerprint density at radius 1 is 0.891 bits per heavy atom. The van der Waals surface area contributed by atoms with Crippen molar-refractivity contribution in [3.8, 4) is 5.75 Å². The summed E-state index contributed by atoms with van der Waals surface area (Å²) >= 11 is 9.80. The molecule has 4 aromatic rings. The highest BCUT2D eigenvalue weighted by atomic mass is 79.9. The first-order valence-electron chi connectivity index (χ1n) is 14.6. The molecule has 1 atom stereocenters. The molecule has 0 saturated heterocycles. The Labute approximate surface area is 284 Å². The number of anilines is 1. The van der Waals surface area contributed by atoms with E-state index in [0.717, 1.165) is 19.9 Å². The van der Waals surface area contributed by atoms with Gasteiger partial charge in [-0.05, 0) is 86.5 Å². The summed E-state index contributed by atoms with van der Waals surface area (Å²) < 4.78 is 35.4. The summed E-state index contributed by atoms with van der Waals surface area (Å²) in [5.74, 6) is -0.438. The predicted octanol–water partition coefficient (Wildman–Crippen LogP) is 6.86. The van der Waals surface area contributed by atoms with Crippen LogP contribution in [0.25, 0.3) is 0 Å². The van der Waals surface area contributed by atoms with Gasteiger partial charge in [-0.2, -0.15) is 0 Å². The van der Waals surface area contributed by atoms with Crippen LogP contribution in [0.15, 0.2) is 112 Å². The molecule has 1 N–H and O–H groups in total. The third-order valence-corrected chi connectivity index (χ3v) is 9.55. The van der Waals surface area contributed by atoms with Crippen molar-refractivity contribution in [1.29, 1.82) is 0 Å². The van der Waals surface area contributed by atoms with Crippen LogP contribution in [0, 0.1) is 0 Å². The van der Waals surface area contributed by atoms with E-state index in [0.29, 0.717) is 10.8 Å². The first-order chi connectivity index (χ1) is 21.8. The van der Waals surface area contributed by atoms with E-state index < -0.39 is 34.1 Å². The van der Waals surface area contributed by atoms with Crippen LogP contribution in [0.1, 0.15) is 31.9 Å². The summed E-state index contributed by atoms with van der Waals surface area (Å²) in [7, 11) is -2.79. The van der Waals surface area contributed by atoms with E-state index in [1.807, 2.05) is 75.4 Å². The molecule has 242 valence electrons. The van der Waals surface area contributed by atoms with Crippen molar-refractivity contribution in [2.24, 2.45) is 0 Å². The number of carbonyl (C=O) groups excluding carboxylic acids is 2. The minimum absolute atomic E-state index is 0.0362. The van der Waals surface area contributed by atoms with Crippen molar-refractivity contribution >= 4 is 55.1 Å². The van der Waals surface area contributed by atoms with Gasteiger partial charge < -0.3 is 15.0 Å². The van der Waals surface area contributed by atoms with Crippen LogP contribution < -0.4 is 14.4 Å². The van der Waals surface area contributed by atoms with Crippen LogP contribution in [0.3, 0.4) is 0 Å². The van der Waals surface area contributed by atoms with Crippen LogP contribution in [-0.2, 0) is 32.6 Å². The van der Waals surface area contributed by atoms with E-state index in [1.54, 1.807) is 18.2 Å². The molecular formula is C35H37BrClN3O5S. The van der Waals surface area contributed by atoms with E-state index >= 15 is 0 Å². The molecule has 0 aliphatic heterocycles. The Morgan fingerprint density at radius 2 is 1.54 bits per heavy atom. The van der Waals surface area contributed by atoms with Crippen molar-refractivity contribution in [2.45, 2.75) is 50.2 Å².